The van der Waals surface area contributed by atoms with Crippen molar-refractivity contribution in [1.29, 1.82) is 0 Å². The molecule has 1 amide bonds. The first kappa shape index (κ1) is 31.5. The van der Waals surface area contributed by atoms with Gasteiger partial charge in [0.2, 0.25) is 5.91 Å². The van der Waals surface area contributed by atoms with E-state index < -0.39 is 6.10 Å². The van der Waals surface area contributed by atoms with Crippen molar-refractivity contribution in [1.82, 2.24) is 5.32 Å². The first-order chi connectivity index (χ1) is 19.6. The Balaban J connectivity index is 1.08. The van der Waals surface area contributed by atoms with Gasteiger partial charge in [0.05, 0.1) is 18.8 Å². The highest BCUT2D eigenvalue weighted by atomic mass is 16.3. The van der Waals surface area contributed by atoms with Crippen LogP contribution in [0, 0.1) is 29.6 Å². The van der Waals surface area contributed by atoms with Crippen LogP contribution < -0.4 is 10.6 Å². The van der Waals surface area contributed by atoms with Crippen LogP contribution in [-0.4, -0.2) is 35.3 Å². The Morgan fingerprint density at radius 2 is 1.32 bits per heavy atom. The van der Waals surface area contributed by atoms with E-state index >= 15 is 0 Å². The molecule has 40 heavy (non-hydrogen) atoms. The van der Waals surface area contributed by atoms with Crippen LogP contribution in [0.25, 0.3) is 0 Å². The number of aliphatic hydroxyl groups excluding tert-OH is 2. The molecular formula is C35H58N2O3. The molecule has 0 heterocycles. The van der Waals surface area contributed by atoms with Crippen molar-refractivity contribution in [3.63, 3.8) is 0 Å². The van der Waals surface area contributed by atoms with Crippen molar-refractivity contribution in [3.05, 3.63) is 29.8 Å². The van der Waals surface area contributed by atoms with Crippen molar-refractivity contribution in [2.24, 2.45) is 29.6 Å². The number of nitrogens with one attached hydrogen (secondary N) is 2. The number of anilines is 1. The van der Waals surface area contributed by atoms with Gasteiger partial charge in [-0.3, -0.25) is 4.79 Å². The van der Waals surface area contributed by atoms with E-state index in [2.05, 4.69) is 17.6 Å². The second-order valence-electron chi connectivity index (χ2n) is 13.5. The molecule has 0 aromatic heterocycles. The molecular weight excluding hydrogens is 496 g/mol. The lowest BCUT2D eigenvalue weighted by Crippen LogP contribution is -2.46. The van der Waals surface area contributed by atoms with Crippen LogP contribution in [0.5, 0.6) is 0 Å². The second kappa shape index (κ2) is 16.9. The number of hydrogen-bond donors (Lipinski definition) is 4. The average molecular weight is 555 g/mol. The van der Waals surface area contributed by atoms with Gasteiger partial charge in [0.15, 0.2) is 0 Å². The van der Waals surface area contributed by atoms with Crippen LogP contribution in [-0.2, 0) is 4.79 Å². The molecule has 4 aliphatic carbocycles. The number of rotatable bonds is 20. The molecule has 2 atom stereocenters. The van der Waals surface area contributed by atoms with E-state index in [4.69, 9.17) is 0 Å². The van der Waals surface area contributed by atoms with E-state index in [0.29, 0.717) is 12.3 Å². The zero-order valence-electron chi connectivity index (χ0n) is 25.3. The van der Waals surface area contributed by atoms with Crippen molar-refractivity contribution >= 4 is 11.6 Å². The van der Waals surface area contributed by atoms with E-state index in [1.165, 1.54) is 103 Å². The lowest BCUT2D eigenvalue weighted by atomic mass is 9.51. The van der Waals surface area contributed by atoms with E-state index in [9.17, 15) is 15.0 Å². The van der Waals surface area contributed by atoms with Crippen LogP contribution in [0.4, 0.5) is 5.69 Å². The summed E-state index contributed by atoms with van der Waals surface area (Å²) in [4.78, 5) is 12.9. The summed E-state index contributed by atoms with van der Waals surface area (Å²) in [5, 5.41) is 27.2. The summed E-state index contributed by atoms with van der Waals surface area (Å²) < 4.78 is 0. The predicted molar refractivity (Wildman–Crippen MR) is 165 cm³/mol. The van der Waals surface area contributed by atoms with Crippen molar-refractivity contribution in [2.75, 3.05) is 18.5 Å². The summed E-state index contributed by atoms with van der Waals surface area (Å²) in [6.45, 7) is 2.97. The summed E-state index contributed by atoms with van der Waals surface area (Å²) in [5.74, 6) is 4.08. The van der Waals surface area contributed by atoms with Gasteiger partial charge in [0.1, 0.15) is 0 Å². The Bertz CT molecular complexity index is 829. The van der Waals surface area contributed by atoms with E-state index in [0.717, 1.165) is 47.9 Å². The molecule has 2 unspecified atom stereocenters. The van der Waals surface area contributed by atoms with Gasteiger partial charge in [-0.15, -0.1) is 0 Å². The zero-order valence-corrected chi connectivity index (χ0v) is 25.3. The van der Waals surface area contributed by atoms with Gasteiger partial charge in [0.25, 0.3) is 0 Å². The summed E-state index contributed by atoms with van der Waals surface area (Å²) in [5.41, 5.74) is 1.55. The Kier molecular flexibility index (Phi) is 13.3. The quantitative estimate of drug-likeness (QED) is 0.124. The van der Waals surface area contributed by atoms with Gasteiger partial charge in [-0.05, 0) is 92.4 Å². The van der Waals surface area contributed by atoms with Crippen LogP contribution in [0.3, 0.4) is 0 Å². The van der Waals surface area contributed by atoms with Gasteiger partial charge in [0, 0.05) is 12.1 Å². The molecule has 4 fully saturated rings. The predicted octanol–water partition coefficient (Wildman–Crippen LogP) is 7.77. The monoisotopic (exact) mass is 554 g/mol. The van der Waals surface area contributed by atoms with Crippen molar-refractivity contribution in [2.45, 2.75) is 135 Å². The molecule has 1 aromatic rings. The van der Waals surface area contributed by atoms with Crippen LogP contribution >= 0.6 is 0 Å². The third kappa shape index (κ3) is 9.56. The van der Waals surface area contributed by atoms with Gasteiger partial charge < -0.3 is 20.8 Å². The first-order valence-electron chi connectivity index (χ1n) is 17.0. The third-order valence-corrected chi connectivity index (χ3v) is 10.4. The van der Waals surface area contributed by atoms with Crippen molar-refractivity contribution < 1.29 is 15.0 Å². The summed E-state index contributed by atoms with van der Waals surface area (Å²) in [6.07, 6.45) is 22.5. The van der Waals surface area contributed by atoms with Gasteiger partial charge in [-0.25, -0.2) is 0 Å². The van der Waals surface area contributed by atoms with E-state index in [-0.39, 0.29) is 18.6 Å². The third-order valence-electron chi connectivity index (χ3n) is 10.4. The minimum atomic E-state index is -0.778. The molecule has 4 aliphatic rings. The molecule has 0 radical (unpaired) electrons. The van der Waals surface area contributed by atoms with Gasteiger partial charge in [-0.2, -0.15) is 0 Å². The summed E-state index contributed by atoms with van der Waals surface area (Å²) in [7, 11) is 0. The maximum Gasteiger partial charge on any atom is 0.224 e. The lowest BCUT2D eigenvalue weighted by Gasteiger charge is -2.54. The Hall–Kier alpha value is -1.43. The first-order valence-corrected chi connectivity index (χ1v) is 17.0. The fourth-order valence-corrected chi connectivity index (χ4v) is 8.32. The molecule has 4 saturated carbocycles. The summed E-state index contributed by atoms with van der Waals surface area (Å²) >= 11 is 0. The van der Waals surface area contributed by atoms with Crippen LogP contribution in [0.15, 0.2) is 24.3 Å². The Morgan fingerprint density at radius 1 is 0.800 bits per heavy atom. The zero-order chi connectivity index (χ0) is 28.2. The molecule has 0 spiro atoms. The standard InChI is InChI=1S/C35H58N2O3/c1-2-3-4-5-6-7-8-9-10-11-12-13-18-36-33(25-38)35(40)28-14-16-31(17-15-28)37-34(39)24-32-29-20-26-19-27(22-29)23-30(32)21-26/h14-17,26-27,29-30,32-33,35-36,38,40H,2-13,18-25H2,1H3,(H,37,39). The topological polar surface area (TPSA) is 81.6 Å². The molecule has 4 N–H and O–H groups in total. The second-order valence-corrected chi connectivity index (χ2v) is 13.5. The summed E-state index contributed by atoms with van der Waals surface area (Å²) in [6, 6.07) is 7.12. The molecule has 5 heteroatoms. The van der Waals surface area contributed by atoms with Gasteiger partial charge in [-0.1, -0.05) is 89.7 Å². The van der Waals surface area contributed by atoms with Crippen molar-refractivity contribution in [3.8, 4) is 0 Å². The minimum Gasteiger partial charge on any atom is -0.395 e. The molecule has 0 saturated heterocycles. The van der Waals surface area contributed by atoms with Gasteiger partial charge >= 0.3 is 0 Å². The highest BCUT2D eigenvalue weighted by molar-refractivity contribution is 5.90. The largest absolute Gasteiger partial charge is 0.395 e. The maximum absolute atomic E-state index is 12.9. The highest BCUT2D eigenvalue weighted by Gasteiger charge is 2.48. The number of carbonyl (C=O) groups excluding carboxylic acids is 1. The number of amides is 1. The molecule has 4 bridgehead atoms. The van der Waals surface area contributed by atoms with E-state index in [1.54, 1.807) is 0 Å². The fourth-order valence-electron chi connectivity index (χ4n) is 8.32. The molecule has 226 valence electrons. The number of benzene rings is 1. The SMILES string of the molecule is CCCCCCCCCCCCCCNC(CO)C(O)c1ccc(NC(=O)CC2C3CC4CC(C3)CC2C4)cc1. The smallest absolute Gasteiger partial charge is 0.224 e. The molecule has 0 aliphatic heterocycles. The number of hydrogen-bond acceptors (Lipinski definition) is 4. The molecule has 1 aromatic carbocycles. The Labute approximate surface area is 244 Å². The molecule has 5 rings (SSSR count). The highest BCUT2D eigenvalue weighted by Crippen LogP contribution is 2.57. The van der Waals surface area contributed by atoms with Crippen LogP contribution in [0.2, 0.25) is 0 Å². The lowest BCUT2D eigenvalue weighted by molar-refractivity contribution is -0.121. The Morgan fingerprint density at radius 3 is 1.85 bits per heavy atom. The molecule has 5 nitrogen and oxygen atoms in total. The fraction of sp³-hybridized carbons (Fsp3) is 0.800. The normalized spacial score (nSPS) is 26.6. The minimum absolute atomic E-state index is 0.108. The number of unbranched alkanes of at least 4 members (excludes halogenated alkanes) is 11. The average Bonchev–Trinajstić information content (AvgIpc) is 2.95. The van der Waals surface area contributed by atoms with E-state index in [1.807, 2.05) is 24.3 Å². The van der Waals surface area contributed by atoms with Crippen LogP contribution in [0.1, 0.15) is 134 Å². The number of aliphatic hydroxyl groups is 2. The maximum atomic E-state index is 12.9. The number of carbonyl (C=O) groups is 1.